The van der Waals surface area contributed by atoms with Crippen molar-refractivity contribution in [1.29, 1.82) is 0 Å². The molecule has 8 heteroatoms. The standard InChI is InChI=1S/C19H28O8/c1-10-4-5-13-11(2)16(23-15(22)7-6-14(20)21)24-17-19(13)12(10)8-9-18(3,25-17)26-27-19/h10-13,16-17H,4-9H2,1-3H3,(H,20,21)/t10-,11+,12+,13+,16-,17+,18-,19+/m0/s1. The summed E-state index contributed by atoms with van der Waals surface area (Å²) in [7, 11) is 0. The Labute approximate surface area is 158 Å². The Kier molecular flexibility index (Phi) is 4.73. The average molecular weight is 384 g/mol. The summed E-state index contributed by atoms with van der Waals surface area (Å²) in [5, 5.41) is 8.76. The van der Waals surface area contributed by atoms with Crippen LogP contribution in [0.2, 0.25) is 0 Å². The van der Waals surface area contributed by atoms with Crippen LogP contribution in [0.3, 0.4) is 0 Å². The maximum atomic E-state index is 12.1. The topological polar surface area (TPSA) is 101 Å². The van der Waals surface area contributed by atoms with Crippen molar-refractivity contribution < 1.29 is 38.7 Å². The van der Waals surface area contributed by atoms with E-state index in [1.807, 2.05) is 13.8 Å². The van der Waals surface area contributed by atoms with Crippen molar-refractivity contribution in [2.45, 2.75) is 83.3 Å². The van der Waals surface area contributed by atoms with E-state index in [2.05, 4.69) is 6.92 Å². The van der Waals surface area contributed by atoms with E-state index in [1.54, 1.807) is 0 Å². The second kappa shape index (κ2) is 6.69. The molecule has 5 aliphatic rings. The molecule has 0 unspecified atom stereocenters. The number of carboxylic acids is 1. The van der Waals surface area contributed by atoms with Crippen LogP contribution in [-0.2, 0) is 33.6 Å². The fraction of sp³-hybridized carbons (Fsp3) is 0.895. The lowest BCUT2D eigenvalue weighted by atomic mass is 9.58. The molecule has 1 aliphatic carbocycles. The third kappa shape index (κ3) is 3.06. The van der Waals surface area contributed by atoms with Crippen molar-refractivity contribution in [3.05, 3.63) is 0 Å². The summed E-state index contributed by atoms with van der Waals surface area (Å²) in [5.74, 6) is -1.82. The third-order valence-corrected chi connectivity index (χ3v) is 6.89. The monoisotopic (exact) mass is 384 g/mol. The highest BCUT2D eigenvalue weighted by Crippen LogP contribution is 2.60. The lowest BCUT2D eigenvalue weighted by molar-refractivity contribution is -0.576. The molecule has 152 valence electrons. The Morgan fingerprint density at radius 2 is 1.89 bits per heavy atom. The first-order valence-corrected chi connectivity index (χ1v) is 9.86. The number of fused-ring (bicyclic) bond motifs is 2. The first-order chi connectivity index (χ1) is 12.7. The molecule has 8 nitrogen and oxygen atoms in total. The second-order valence-electron chi connectivity index (χ2n) is 8.66. The maximum Gasteiger partial charge on any atom is 0.308 e. The highest BCUT2D eigenvalue weighted by atomic mass is 17.3. The van der Waals surface area contributed by atoms with Crippen LogP contribution < -0.4 is 0 Å². The Morgan fingerprint density at radius 3 is 2.63 bits per heavy atom. The Bertz CT molecular complexity index is 623. The molecule has 1 N–H and O–H groups in total. The maximum absolute atomic E-state index is 12.1. The van der Waals surface area contributed by atoms with Crippen LogP contribution in [0, 0.1) is 23.7 Å². The van der Waals surface area contributed by atoms with E-state index in [9.17, 15) is 9.59 Å². The molecule has 4 heterocycles. The number of carboxylic acid groups (broad SMARTS) is 1. The predicted molar refractivity (Wildman–Crippen MR) is 89.8 cm³/mol. The van der Waals surface area contributed by atoms with Gasteiger partial charge in [-0.25, -0.2) is 9.78 Å². The quantitative estimate of drug-likeness (QED) is 0.583. The third-order valence-electron chi connectivity index (χ3n) is 6.89. The Hall–Kier alpha value is -1.22. The normalized spacial score (nSPS) is 48.4. The molecule has 8 atom stereocenters. The van der Waals surface area contributed by atoms with Gasteiger partial charge in [0.1, 0.15) is 0 Å². The summed E-state index contributed by atoms with van der Waals surface area (Å²) >= 11 is 0. The highest BCUT2D eigenvalue weighted by Gasteiger charge is 2.69. The molecular weight excluding hydrogens is 356 g/mol. The van der Waals surface area contributed by atoms with E-state index in [-0.39, 0.29) is 30.6 Å². The summed E-state index contributed by atoms with van der Waals surface area (Å²) < 4.78 is 17.8. The molecule has 0 radical (unpaired) electrons. The molecule has 4 saturated heterocycles. The molecule has 0 aromatic rings. The van der Waals surface area contributed by atoms with Gasteiger partial charge in [0.2, 0.25) is 12.1 Å². The van der Waals surface area contributed by atoms with Gasteiger partial charge in [-0.3, -0.25) is 9.59 Å². The lowest BCUT2D eigenvalue weighted by Crippen LogP contribution is -2.70. The van der Waals surface area contributed by atoms with Crippen molar-refractivity contribution >= 4 is 11.9 Å². The van der Waals surface area contributed by atoms with Crippen LogP contribution >= 0.6 is 0 Å². The number of hydrogen-bond acceptors (Lipinski definition) is 7. The molecule has 1 spiro atoms. The zero-order chi connectivity index (χ0) is 19.4. The molecule has 27 heavy (non-hydrogen) atoms. The van der Waals surface area contributed by atoms with Crippen LogP contribution in [0.4, 0.5) is 0 Å². The first-order valence-electron chi connectivity index (χ1n) is 9.86. The first kappa shape index (κ1) is 19.1. The van der Waals surface area contributed by atoms with Crippen LogP contribution in [0.5, 0.6) is 0 Å². The number of hydrogen-bond donors (Lipinski definition) is 1. The van der Waals surface area contributed by atoms with Gasteiger partial charge in [0.15, 0.2) is 11.9 Å². The molecule has 2 bridgehead atoms. The zero-order valence-corrected chi connectivity index (χ0v) is 16.0. The number of rotatable bonds is 4. The van der Waals surface area contributed by atoms with Crippen molar-refractivity contribution in [3.63, 3.8) is 0 Å². The van der Waals surface area contributed by atoms with E-state index in [1.165, 1.54) is 0 Å². The van der Waals surface area contributed by atoms with Crippen LogP contribution in [0.15, 0.2) is 0 Å². The zero-order valence-electron chi connectivity index (χ0n) is 16.0. The molecule has 5 fully saturated rings. The minimum atomic E-state index is -1.03. The van der Waals surface area contributed by atoms with E-state index < -0.39 is 35.9 Å². The highest BCUT2D eigenvalue weighted by molar-refractivity contribution is 5.76. The van der Waals surface area contributed by atoms with E-state index in [4.69, 9.17) is 29.1 Å². The molecule has 0 aromatic carbocycles. The molecule has 1 saturated carbocycles. The summed E-state index contributed by atoms with van der Waals surface area (Å²) in [4.78, 5) is 34.5. The summed E-state index contributed by atoms with van der Waals surface area (Å²) in [6, 6.07) is 0. The summed E-state index contributed by atoms with van der Waals surface area (Å²) in [6.07, 6.45) is 1.72. The van der Waals surface area contributed by atoms with Crippen LogP contribution in [0.1, 0.15) is 59.3 Å². The van der Waals surface area contributed by atoms with Gasteiger partial charge >= 0.3 is 11.9 Å². The summed E-state index contributed by atoms with van der Waals surface area (Å²) in [5.41, 5.74) is -0.697. The van der Waals surface area contributed by atoms with Crippen molar-refractivity contribution in [2.75, 3.05) is 0 Å². The second-order valence-corrected chi connectivity index (χ2v) is 8.66. The fourth-order valence-electron chi connectivity index (χ4n) is 5.40. The van der Waals surface area contributed by atoms with Gasteiger partial charge in [-0.05, 0) is 38.0 Å². The van der Waals surface area contributed by atoms with E-state index in [0.29, 0.717) is 12.3 Å². The van der Waals surface area contributed by atoms with Gasteiger partial charge in [-0.2, -0.15) is 0 Å². The molecular formula is C19H28O8. The van der Waals surface area contributed by atoms with Gasteiger partial charge in [0, 0.05) is 18.3 Å². The van der Waals surface area contributed by atoms with Crippen LogP contribution in [-0.4, -0.2) is 41.0 Å². The fourth-order valence-corrected chi connectivity index (χ4v) is 5.40. The summed E-state index contributed by atoms with van der Waals surface area (Å²) in [6.45, 7) is 6.06. The van der Waals surface area contributed by atoms with E-state index in [0.717, 1.165) is 19.3 Å². The molecule has 5 rings (SSSR count). The minimum Gasteiger partial charge on any atom is -0.481 e. The number of carbonyl (C=O) groups is 2. The van der Waals surface area contributed by atoms with Gasteiger partial charge in [0.05, 0.1) is 12.8 Å². The predicted octanol–water partition coefficient (Wildman–Crippen LogP) is 2.60. The minimum absolute atomic E-state index is 0.0670. The average Bonchev–Trinajstić information content (AvgIpc) is 2.84. The number of aliphatic carboxylic acids is 1. The largest absolute Gasteiger partial charge is 0.481 e. The van der Waals surface area contributed by atoms with Crippen molar-refractivity contribution in [1.82, 2.24) is 0 Å². The Balaban J connectivity index is 1.58. The lowest BCUT2D eigenvalue weighted by Gasteiger charge is -2.59. The Morgan fingerprint density at radius 1 is 1.11 bits per heavy atom. The number of carbonyl (C=O) groups excluding carboxylic acids is 1. The van der Waals surface area contributed by atoms with Gasteiger partial charge < -0.3 is 19.3 Å². The molecule has 0 amide bonds. The SMILES string of the molecule is C[C@H]1[C@@H](OC(=O)CCC(=O)O)O[C@@H]2O[C@]3(C)CC[C@@H]4[C@@H](C)CC[C@H]1[C@@]24OO3. The number of esters is 1. The molecule has 0 aromatic heterocycles. The van der Waals surface area contributed by atoms with Gasteiger partial charge in [-0.15, -0.1) is 0 Å². The van der Waals surface area contributed by atoms with Gasteiger partial charge in [-0.1, -0.05) is 13.8 Å². The van der Waals surface area contributed by atoms with Crippen molar-refractivity contribution in [3.8, 4) is 0 Å². The van der Waals surface area contributed by atoms with Crippen molar-refractivity contribution in [2.24, 2.45) is 23.7 Å². The smallest absolute Gasteiger partial charge is 0.308 e. The van der Waals surface area contributed by atoms with Crippen LogP contribution in [0.25, 0.3) is 0 Å². The van der Waals surface area contributed by atoms with Gasteiger partial charge in [0.25, 0.3) is 0 Å². The number of ether oxygens (including phenoxy) is 3. The van der Waals surface area contributed by atoms with E-state index >= 15 is 0 Å². The molecule has 4 aliphatic heterocycles.